The van der Waals surface area contributed by atoms with E-state index < -0.39 is 11.4 Å². The van der Waals surface area contributed by atoms with Crippen molar-refractivity contribution >= 4 is 12.4 Å². The van der Waals surface area contributed by atoms with Crippen LogP contribution in [-0.4, -0.2) is 20.5 Å². The van der Waals surface area contributed by atoms with Gasteiger partial charge in [0, 0.05) is 13.1 Å². The van der Waals surface area contributed by atoms with E-state index >= 15 is 0 Å². The number of nitrogens with two attached hydrogens (primary N) is 1. The van der Waals surface area contributed by atoms with Crippen LogP contribution in [0.2, 0.25) is 0 Å². The van der Waals surface area contributed by atoms with Gasteiger partial charge < -0.3 is 5.73 Å². The minimum atomic E-state index is -0.398. The lowest BCUT2D eigenvalue weighted by Gasteiger charge is -2.08. The van der Waals surface area contributed by atoms with Crippen LogP contribution in [0.3, 0.4) is 0 Å². The maximum atomic E-state index is 12.6. The van der Waals surface area contributed by atoms with E-state index in [9.17, 15) is 9.59 Å². The first-order valence-electron chi connectivity index (χ1n) is 7.00. The Hall–Kier alpha value is -2.57. The molecule has 0 radical (unpaired) electrons. The van der Waals surface area contributed by atoms with Gasteiger partial charge in [0.15, 0.2) is 0 Å². The van der Waals surface area contributed by atoms with Crippen LogP contribution in [0.4, 0.5) is 0 Å². The highest BCUT2D eigenvalue weighted by molar-refractivity contribution is 5.85. The minimum Gasteiger partial charge on any atom is -0.329 e. The number of hydrogen-bond acceptors (Lipinski definition) is 3. The highest BCUT2D eigenvalue weighted by Crippen LogP contribution is 2.08. The lowest BCUT2D eigenvalue weighted by Crippen LogP contribution is -2.31. The molecule has 23 heavy (non-hydrogen) atoms. The molecule has 0 saturated carbocycles. The van der Waals surface area contributed by atoms with Gasteiger partial charge in [0.2, 0.25) is 0 Å². The first-order valence-corrected chi connectivity index (χ1v) is 7.00. The lowest BCUT2D eigenvalue weighted by molar-refractivity contribution is 0.654. The zero-order valence-corrected chi connectivity index (χ0v) is 13.1. The van der Waals surface area contributed by atoms with E-state index in [1.165, 1.54) is 9.36 Å². The van der Waals surface area contributed by atoms with Crippen molar-refractivity contribution < 1.29 is 0 Å². The maximum absolute atomic E-state index is 12.6. The minimum absolute atomic E-state index is 0. The van der Waals surface area contributed by atoms with E-state index in [1.807, 2.05) is 36.4 Å². The van der Waals surface area contributed by atoms with Crippen LogP contribution >= 0.6 is 12.4 Å². The number of rotatable bonds is 4. The van der Waals surface area contributed by atoms with Crippen molar-refractivity contribution in [3.05, 3.63) is 81.6 Å². The van der Waals surface area contributed by atoms with E-state index in [0.29, 0.717) is 11.4 Å². The predicted molar refractivity (Wildman–Crippen MR) is 91.9 cm³/mol. The van der Waals surface area contributed by atoms with Gasteiger partial charge in [0.05, 0.1) is 11.4 Å². The van der Waals surface area contributed by atoms with Crippen LogP contribution in [0.5, 0.6) is 0 Å². The summed E-state index contributed by atoms with van der Waals surface area (Å²) in [5, 5.41) is 0. The molecule has 120 valence electrons. The number of hydrogen-bond donors (Lipinski definition) is 1. The molecule has 2 N–H and O–H groups in total. The van der Waals surface area contributed by atoms with Gasteiger partial charge in [-0.1, -0.05) is 36.4 Å². The highest BCUT2D eigenvalue weighted by Gasteiger charge is 2.17. The summed E-state index contributed by atoms with van der Waals surface area (Å²) in [6.07, 6.45) is 0. The molecule has 0 fully saturated rings. The van der Waals surface area contributed by atoms with Gasteiger partial charge in [-0.3, -0.25) is 0 Å². The standard InChI is InChI=1S/C16H16N4O2.ClH/c17-11-12-18-15(21)19(13-7-3-1-4-8-13)20(16(18)22)14-9-5-2-6-10-14;/h1-10H,11-12,17H2;1H. The van der Waals surface area contributed by atoms with Gasteiger partial charge >= 0.3 is 11.4 Å². The molecule has 0 unspecified atom stereocenters. The summed E-state index contributed by atoms with van der Waals surface area (Å²) in [6.45, 7) is 0.410. The van der Waals surface area contributed by atoms with E-state index in [1.54, 1.807) is 24.3 Å². The second-order valence-electron chi connectivity index (χ2n) is 4.80. The van der Waals surface area contributed by atoms with Gasteiger partial charge in [0.25, 0.3) is 0 Å². The van der Waals surface area contributed by atoms with Crippen LogP contribution in [0.1, 0.15) is 0 Å². The molecule has 1 heterocycles. The Bertz CT molecular complexity index is 811. The first kappa shape index (κ1) is 16.8. The van der Waals surface area contributed by atoms with E-state index in [0.717, 1.165) is 4.57 Å². The molecule has 0 atom stereocenters. The molecule has 0 saturated heterocycles. The third-order valence-electron chi connectivity index (χ3n) is 3.38. The van der Waals surface area contributed by atoms with Crippen LogP contribution in [0.25, 0.3) is 11.4 Å². The zero-order valence-electron chi connectivity index (χ0n) is 12.3. The fraction of sp³-hybridized carbons (Fsp3) is 0.125. The Kier molecular flexibility index (Phi) is 5.20. The average molecular weight is 333 g/mol. The summed E-state index contributed by atoms with van der Waals surface area (Å²) in [5.41, 5.74) is 5.98. The largest absolute Gasteiger partial charge is 0.352 e. The fourth-order valence-electron chi connectivity index (χ4n) is 2.39. The molecule has 1 aromatic heterocycles. The summed E-state index contributed by atoms with van der Waals surface area (Å²) in [6, 6.07) is 18.1. The van der Waals surface area contributed by atoms with Crippen molar-refractivity contribution in [2.75, 3.05) is 6.54 Å². The SMILES string of the molecule is Cl.NCCn1c(=O)n(-c2ccccc2)n(-c2ccccc2)c1=O. The Morgan fingerprint density at radius 2 is 1.13 bits per heavy atom. The van der Waals surface area contributed by atoms with Crippen molar-refractivity contribution in [2.24, 2.45) is 5.73 Å². The van der Waals surface area contributed by atoms with E-state index in [-0.39, 0.29) is 25.5 Å². The molecule has 0 spiro atoms. The summed E-state index contributed by atoms with van der Waals surface area (Å²) < 4.78 is 3.89. The third kappa shape index (κ3) is 2.99. The summed E-state index contributed by atoms with van der Waals surface area (Å²) in [5.74, 6) is 0. The molecule has 2 aromatic carbocycles. The number of nitrogens with zero attached hydrogens (tertiary/aromatic N) is 3. The van der Waals surface area contributed by atoms with Crippen molar-refractivity contribution in [3.63, 3.8) is 0 Å². The topological polar surface area (TPSA) is 74.9 Å². The predicted octanol–water partition coefficient (Wildman–Crippen LogP) is 1.17. The van der Waals surface area contributed by atoms with Crippen molar-refractivity contribution in [1.29, 1.82) is 0 Å². The molecule has 3 rings (SSSR count). The summed E-state index contributed by atoms with van der Waals surface area (Å²) >= 11 is 0. The maximum Gasteiger partial charge on any atom is 0.352 e. The third-order valence-corrected chi connectivity index (χ3v) is 3.38. The van der Waals surface area contributed by atoms with Crippen LogP contribution < -0.4 is 17.1 Å². The van der Waals surface area contributed by atoms with E-state index in [2.05, 4.69) is 0 Å². The fourth-order valence-corrected chi connectivity index (χ4v) is 2.39. The average Bonchev–Trinajstić information content (AvgIpc) is 2.81. The normalized spacial score (nSPS) is 10.3. The number of halogens is 1. The molecule has 6 nitrogen and oxygen atoms in total. The molecule has 0 amide bonds. The quantitative estimate of drug-likeness (QED) is 0.779. The van der Waals surface area contributed by atoms with Crippen LogP contribution in [0, 0.1) is 0 Å². The van der Waals surface area contributed by atoms with Gasteiger partial charge in [-0.25, -0.2) is 14.2 Å². The summed E-state index contributed by atoms with van der Waals surface area (Å²) in [7, 11) is 0. The van der Waals surface area contributed by atoms with Gasteiger partial charge in [-0.15, -0.1) is 12.4 Å². The Morgan fingerprint density at radius 3 is 1.48 bits per heavy atom. The van der Waals surface area contributed by atoms with Gasteiger partial charge in [-0.05, 0) is 24.3 Å². The second-order valence-corrected chi connectivity index (χ2v) is 4.80. The summed E-state index contributed by atoms with van der Waals surface area (Å²) in [4.78, 5) is 25.2. The van der Waals surface area contributed by atoms with Crippen molar-refractivity contribution in [3.8, 4) is 11.4 Å². The number of aromatic nitrogens is 3. The molecule has 0 bridgehead atoms. The molecule has 0 aliphatic carbocycles. The molecule has 7 heteroatoms. The van der Waals surface area contributed by atoms with Crippen LogP contribution in [-0.2, 0) is 6.54 Å². The van der Waals surface area contributed by atoms with E-state index in [4.69, 9.17) is 5.73 Å². The Balaban J connectivity index is 0.00000192. The molecule has 0 aliphatic heterocycles. The Morgan fingerprint density at radius 1 is 0.739 bits per heavy atom. The van der Waals surface area contributed by atoms with Crippen molar-refractivity contribution in [2.45, 2.75) is 6.54 Å². The monoisotopic (exact) mass is 332 g/mol. The lowest BCUT2D eigenvalue weighted by atomic mass is 10.3. The Labute approximate surface area is 138 Å². The van der Waals surface area contributed by atoms with Crippen LogP contribution in [0.15, 0.2) is 70.3 Å². The van der Waals surface area contributed by atoms with Gasteiger partial charge in [0.1, 0.15) is 0 Å². The smallest absolute Gasteiger partial charge is 0.329 e. The zero-order chi connectivity index (χ0) is 15.5. The number of benzene rings is 2. The highest BCUT2D eigenvalue weighted by atomic mass is 35.5. The molecular weight excluding hydrogens is 316 g/mol. The molecule has 0 aliphatic rings. The van der Waals surface area contributed by atoms with Crippen molar-refractivity contribution in [1.82, 2.24) is 13.9 Å². The molecule has 3 aromatic rings. The van der Waals surface area contributed by atoms with Gasteiger partial charge in [-0.2, -0.15) is 9.36 Å². The molecular formula is C16H17ClN4O2. The number of para-hydroxylation sites is 2. The first-order chi connectivity index (χ1) is 10.7. The second kappa shape index (κ2) is 7.13.